The average Bonchev–Trinajstić information content (AvgIpc) is 2.45. The summed E-state index contributed by atoms with van der Waals surface area (Å²) >= 11 is 0. The molecule has 130 valence electrons. The number of hydrogen-bond acceptors (Lipinski definition) is 4. The molecule has 0 aliphatic heterocycles. The molecule has 0 aliphatic carbocycles. The molecule has 0 aliphatic rings. The van der Waals surface area contributed by atoms with Crippen LogP contribution in [0.25, 0.3) is 0 Å². The van der Waals surface area contributed by atoms with E-state index in [1.807, 2.05) is 52.0 Å². The minimum atomic E-state index is -0.490. The van der Waals surface area contributed by atoms with Gasteiger partial charge in [-0.15, -0.1) is 0 Å². The number of nitrogens with one attached hydrogen (secondary N) is 1. The molecule has 5 nitrogen and oxygen atoms in total. The van der Waals surface area contributed by atoms with Crippen molar-refractivity contribution in [2.24, 2.45) is 0 Å². The molecule has 0 radical (unpaired) electrons. The molecule has 0 spiro atoms. The van der Waals surface area contributed by atoms with E-state index in [9.17, 15) is 4.79 Å². The number of carbonyl (C=O) groups excluding carboxylic acids is 1. The van der Waals surface area contributed by atoms with E-state index in [-0.39, 0.29) is 18.6 Å². The van der Waals surface area contributed by atoms with E-state index in [2.05, 4.69) is 12.2 Å². The topological polar surface area (TPSA) is 67.8 Å². The van der Waals surface area contributed by atoms with Crippen LogP contribution in [-0.4, -0.2) is 36.1 Å². The van der Waals surface area contributed by atoms with E-state index in [1.165, 1.54) is 0 Å². The maximum atomic E-state index is 11.6. The van der Waals surface area contributed by atoms with Crippen molar-refractivity contribution in [2.75, 3.05) is 13.2 Å². The van der Waals surface area contributed by atoms with Crippen molar-refractivity contribution < 1.29 is 19.4 Å². The van der Waals surface area contributed by atoms with Crippen LogP contribution in [0.2, 0.25) is 0 Å². The molecule has 2 N–H and O–H groups in total. The number of hydrogen-bond donors (Lipinski definition) is 2. The molecule has 5 heteroatoms. The molecule has 1 aromatic rings. The summed E-state index contributed by atoms with van der Waals surface area (Å²) < 4.78 is 11.0. The fourth-order valence-corrected chi connectivity index (χ4v) is 2.11. The zero-order valence-electron chi connectivity index (χ0n) is 14.8. The fraction of sp³-hybridized carbons (Fsp3) is 0.611. The van der Waals surface area contributed by atoms with Gasteiger partial charge in [0.05, 0.1) is 6.61 Å². The molecule has 0 fully saturated rings. The molecule has 0 heterocycles. The summed E-state index contributed by atoms with van der Waals surface area (Å²) in [7, 11) is 0. The Kier molecular flexibility index (Phi) is 7.36. The van der Waals surface area contributed by atoms with E-state index in [0.717, 1.165) is 17.7 Å². The summed E-state index contributed by atoms with van der Waals surface area (Å²) in [4.78, 5) is 11.6. The van der Waals surface area contributed by atoms with Gasteiger partial charge in [0, 0.05) is 6.54 Å². The van der Waals surface area contributed by atoms with Crippen molar-refractivity contribution in [1.82, 2.24) is 5.32 Å². The van der Waals surface area contributed by atoms with Crippen LogP contribution >= 0.6 is 0 Å². The van der Waals surface area contributed by atoms with Gasteiger partial charge in [-0.1, -0.05) is 25.1 Å². The highest BCUT2D eigenvalue weighted by Crippen LogP contribution is 2.29. The van der Waals surface area contributed by atoms with Gasteiger partial charge in [0.25, 0.3) is 0 Å². The number of aliphatic hydroxyl groups is 1. The summed E-state index contributed by atoms with van der Waals surface area (Å²) in [6.07, 6.45) is 0.124. The van der Waals surface area contributed by atoms with Gasteiger partial charge in [-0.05, 0) is 51.7 Å². The molecule has 2 atom stereocenters. The Bertz CT molecular complexity index is 496. The number of amides is 1. The maximum Gasteiger partial charge on any atom is 0.407 e. The molecule has 1 aromatic carbocycles. The van der Waals surface area contributed by atoms with Gasteiger partial charge in [0.15, 0.2) is 0 Å². The molecule has 0 saturated heterocycles. The van der Waals surface area contributed by atoms with E-state index >= 15 is 0 Å². The van der Waals surface area contributed by atoms with Crippen molar-refractivity contribution in [3.63, 3.8) is 0 Å². The van der Waals surface area contributed by atoms with Crippen LogP contribution < -0.4 is 10.1 Å². The summed E-state index contributed by atoms with van der Waals surface area (Å²) in [5.74, 6) is 0.992. The van der Waals surface area contributed by atoms with Crippen LogP contribution in [0, 0.1) is 0 Å². The quantitative estimate of drug-likeness (QED) is 0.806. The van der Waals surface area contributed by atoms with Gasteiger partial charge in [0.2, 0.25) is 0 Å². The molecular formula is C18H29NO4. The lowest BCUT2D eigenvalue weighted by molar-refractivity contribution is 0.0526. The predicted molar refractivity (Wildman–Crippen MR) is 90.9 cm³/mol. The third-order valence-corrected chi connectivity index (χ3v) is 3.28. The third kappa shape index (κ3) is 7.37. The van der Waals surface area contributed by atoms with E-state index in [4.69, 9.17) is 14.6 Å². The van der Waals surface area contributed by atoms with Crippen molar-refractivity contribution in [3.05, 3.63) is 29.8 Å². The molecule has 0 saturated carbocycles. The number of rotatable bonds is 7. The first-order chi connectivity index (χ1) is 10.7. The zero-order valence-corrected chi connectivity index (χ0v) is 14.8. The van der Waals surface area contributed by atoms with Gasteiger partial charge in [-0.25, -0.2) is 4.79 Å². The van der Waals surface area contributed by atoms with Crippen molar-refractivity contribution in [1.29, 1.82) is 0 Å². The normalized spacial score (nSPS) is 14.0. The number of ether oxygens (including phenoxy) is 2. The van der Waals surface area contributed by atoms with Gasteiger partial charge >= 0.3 is 6.09 Å². The Morgan fingerprint density at radius 3 is 2.52 bits per heavy atom. The number of aliphatic hydroxyl groups excluding tert-OH is 1. The Morgan fingerprint density at radius 2 is 1.91 bits per heavy atom. The first kappa shape index (κ1) is 19.3. The van der Waals surface area contributed by atoms with Crippen LogP contribution in [0.4, 0.5) is 4.79 Å². The number of alkyl carbamates (subject to hydrolysis) is 1. The van der Waals surface area contributed by atoms with Crippen molar-refractivity contribution >= 4 is 6.09 Å². The highest BCUT2D eigenvalue weighted by atomic mass is 16.6. The smallest absolute Gasteiger partial charge is 0.407 e. The van der Waals surface area contributed by atoms with Crippen LogP contribution in [0.3, 0.4) is 0 Å². The number of benzene rings is 1. The second-order valence-corrected chi connectivity index (χ2v) is 6.77. The number of carbonyl (C=O) groups is 1. The number of para-hydroxylation sites is 1. The summed E-state index contributed by atoms with van der Waals surface area (Å²) in [6, 6.07) is 7.79. The van der Waals surface area contributed by atoms with E-state index in [0.29, 0.717) is 6.54 Å². The Hall–Kier alpha value is -1.75. The first-order valence-electron chi connectivity index (χ1n) is 8.06. The largest absolute Gasteiger partial charge is 0.488 e. The van der Waals surface area contributed by atoms with Gasteiger partial charge in [0.1, 0.15) is 17.5 Å². The zero-order chi connectivity index (χ0) is 17.5. The van der Waals surface area contributed by atoms with Gasteiger partial charge < -0.3 is 19.9 Å². The van der Waals surface area contributed by atoms with Gasteiger partial charge in [-0.2, -0.15) is 0 Å². The monoisotopic (exact) mass is 323 g/mol. The first-order valence-corrected chi connectivity index (χ1v) is 8.06. The van der Waals surface area contributed by atoms with Crippen molar-refractivity contribution in [2.45, 2.75) is 58.7 Å². The fourth-order valence-electron chi connectivity index (χ4n) is 2.11. The summed E-state index contributed by atoms with van der Waals surface area (Å²) in [6.45, 7) is 9.93. The third-order valence-electron chi connectivity index (χ3n) is 3.28. The summed E-state index contributed by atoms with van der Waals surface area (Å²) in [5.41, 5.74) is 0.579. The maximum absolute atomic E-state index is 11.6. The molecular weight excluding hydrogens is 294 g/mol. The Balaban J connectivity index is 2.55. The molecule has 23 heavy (non-hydrogen) atoms. The van der Waals surface area contributed by atoms with E-state index < -0.39 is 11.7 Å². The van der Waals surface area contributed by atoms with Crippen LogP contribution in [0.5, 0.6) is 5.75 Å². The highest BCUT2D eigenvalue weighted by Gasteiger charge is 2.17. The Labute approximate surface area is 139 Å². The standard InChI is InChI=1S/C18H29NO4/c1-13(10-11-19-17(21)23-18(3,4)5)15-8-6-7-9-16(15)22-14(2)12-20/h6-9,13-14,20H,10-12H2,1-5H3,(H,19,21)/t13-,14+/m0/s1. The second-order valence-electron chi connectivity index (χ2n) is 6.77. The molecule has 1 rings (SSSR count). The second kappa shape index (κ2) is 8.77. The lowest BCUT2D eigenvalue weighted by atomic mass is 9.97. The Morgan fingerprint density at radius 1 is 1.26 bits per heavy atom. The average molecular weight is 323 g/mol. The van der Waals surface area contributed by atoms with Crippen molar-refractivity contribution in [3.8, 4) is 5.75 Å². The van der Waals surface area contributed by atoms with E-state index in [1.54, 1.807) is 0 Å². The SMILES string of the molecule is C[C@H](CO)Oc1ccccc1[C@@H](C)CCNC(=O)OC(C)(C)C. The predicted octanol–water partition coefficient (Wildman–Crippen LogP) is 3.46. The lowest BCUT2D eigenvalue weighted by Gasteiger charge is -2.21. The van der Waals surface area contributed by atoms with Crippen LogP contribution in [0.1, 0.15) is 52.5 Å². The molecule has 0 aromatic heterocycles. The summed E-state index contributed by atoms with van der Waals surface area (Å²) in [5, 5.41) is 11.9. The molecule has 0 unspecified atom stereocenters. The molecule has 1 amide bonds. The molecule has 0 bridgehead atoms. The highest BCUT2D eigenvalue weighted by molar-refractivity contribution is 5.67. The minimum absolute atomic E-state index is 0.0249. The van der Waals surface area contributed by atoms with Crippen LogP contribution in [-0.2, 0) is 4.74 Å². The minimum Gasteiger partial charge on any atom is -0.488 e. The lowest BCUT2D eigenvalue weighted by Crippen LogP contribution is -2.33. The van der Waals surface area contributed by atoms with Crippen LogP contribution in [0.15, 0.2) is 24.3 Å². The van der Waals surface area contributed by atoms with Gasteiger partial charge in [-0.3, -0.25) is 0 Å².